The van der Waals surface area contributed by atoms with Crippen LogP contribution in [0.3, 0.4) is 0 Å². The lowest BCUT2D eigenvalue weighted by Gasteiger charge is -2.09. The Morgan fingerprint density at radius 1 is 0.741 bits per heavy atom. The van der Waals surface area contributed by atoms with Crippen LogP contribution in [0, 0.1) is 18.6 Å². The molecule has 3 rings (SSSR count). The first-order valence-electron chi connectivity index (χ1n) is 8.17. The van der Waals surface area contributed by atoms with Crippen LogP contribution in [-0.4, -0.2) is 11.8 Å². The molecule has 0 saturated heterocycles. The van der Waals surface area contributed by atoms with Gasteiger partial charge in [-0.3, -0.25) is 9.59 Å². The van der Waals surface area contributed by atoms with Crippen molar-refractivity contribution >= 4 is 23.2 Å². The largest absolute Gasteiger partial charge is 0.322 e. The number of nitrogens with one attached hydrogen (secondary N) is 2. The van der Waals surface area contributed by atoms with Gasteiger partial charge in [-0.05, 0) is 61.0 Å². The number of aryl methyl sites for hydroxylation is 1. The van der Waals surface area contributed by atoms with Gasteiger partial charge in [-0.2, -0.15) is 0 Å². The van der Waals surface area contributed by atoms with Gasteiger partial charge in [0.15, 0.2) is 0 Å². The molecule has 0 aliphatic rings. The first-order chi connectivity index (χ1) is 12.9. The minimum Gasteiger partial charge on any atom is -0.322 e. The highest BCUT2D eigenvalue weighted by Crippen LogP contribution is 2.19. The van der Waals surface area contributed by atoms with E-state index < -0.39 is 23.2 Å². The van der Waals surface area contributed by atoms with E-state index in [-0.39, 0.29) is 11.5 Å². The lowest BCUT2D eigenvalue weighted by molar-refractivity contribution is 0.101. The number of carbonyl (C=O) groups excluding carboxylic acids is 2. The van der Waals surface area contributed by atoms with Crippen molar-refractivity contribution in [2.75, 3.05) is 10.6 Å². The number of rotatable bonds is 4. The smallest absolute Gasteiger partial charge is 0.255 e. The van der Waals surface area contributed by atoms with Gasteiger partial charge in [0.05, 0.1) is 0 Å². The highest BCUT2D eigenvalue weighted by Gasteiger charge is 2.14. The second-order valence-electron chi connectivity index (χ2n) is 5.95. The molecule has 0 aliphatic carbocycles. The molecule has 2 N–H and O–H groups in total. The number of benzene rings is 3. The van der Waals surface area contributed by atoms with Crippen molar-refractivity contribution in [3.8, 4) is 0 Å². The molecule has 6 heteroatoms. The van der Waals surface area contributed by atoms with Crippen molar-refractivity contribution in [3.05, 3.63) is 95.1 Å². The predicted molar refractivity (Wildman–Crippen MR) is 99.9 cm³/mol. The lowest BCUT2D eigenvalue weighted by Crippen LogP contribution is -2.15. The third-order valence-corrected chi connectivity index (χ3v) is 3.89. The zero-order chi connectivity index (χ0) is 19.4. The molecule has 0 aliphatic heterocycles. The Balaban J connectivity index is 1.71. The average Bonchev–Trinajstić information content (AvgIpc) is 2.65. The normalized spacial score (nSPS) is 10.3. The Bertz CT molecular complexity index is 981. The molecule has 3 aromatic carbocycles. The molecule has 27 heavy (non-hydrogen) atoms. The molecule has 0 unspecified atom stereocenters. The summed E-state index contributed by atoms with van der Waals surface area (Å²) in [4.78, 5) is 24.5. The standard InChI is InChI=1S/C21H16F2N2O2/c1-13-4-2-5-16(12-13)24-20(26)14-8-10-15(11-9-14)21(27)25-19-17(22)6-3-7-18(19)23/h2-12H,1H3,(H,24,26)(H,25,27). The summed E-state index contributed by atoms with van der Waals surface area (Å²) >= 11 is 0. The fourth-order valence-corrected chi connectivity index (χ4v) is 2.50. The van der Waals surface area contributed by atoms with Crippen molar-refractivity contribution in [3.63, 3.8) is 0 Å². The molecule has 0 aromatic heterocycles. The summed E-state index contributed by atoms with van der Waals surface area (Å²) in [6.07, 6.45) is 0. The van der Waals surface area contributed by atoms with Crippen LogP contribution in [0.5, 0.6) is 0 Å². The van der Waals surface area contributed by atoms with Gasteiger partial charge >= 0.3 is 0 Å². The predicted octanol–water partition coefficient (Wildman–Crippen LogP) is 4.78. The highest BCUT2D eigenvalue weighted by molar-refractivity contribution is 6.07. The molecule has 136 valence electrons. The van der Waals surface area contributed by atoms with Crippen LogP contribution in [0.4, 0.5) is 20.2 Å². The number of para-hydroxylation sites is 1. The molecule has 2 amide bonds. The number of carbonyl (C=O) groups is 2. The van der Waals surface area contributed by atoms with Gasteiger partial charge < -0.3 is 10.6 Å². The molecule has 3 aromatic rings. The summed E-state index contributed by atoms with van der Waals surface area (Å²) in [6.45, 7) is 1.92. The van der Waals surface area contributed by atoms with E-state index in [1.165, 1.54) is 30.3 Å². The van der Waals surface area contributed by atoms with E-state index in [1.54, 1.807) is 6.07 Å². The van der Waals surface area contributed by atoms with E-state index in [0.717, 1.165) is 17.7 Å². The Labute approximate surface area is 154 Å². The van der Waals surface area contributed by atoms with E-state index in [1.807, 2.05) is 25.1 Å². The van der Waals surface area contributed by atoms with Crippen molar-refractivity contribution in [2.24, 2.45) is 0 Å². The molecule has 0 bridgehead atoms. The minimum atomic E-state index is -0.863. The quantitative estimate of drug-likeness (QED) is 0.698. The van der Waals surface area contributed by atoms with Crippen molar-refractivity contribution in [2.45, 2.75) is 6.92 Å². The van der Waals surface area contributed by atoms with Crippen LogP contribution in [0.1, 0.15) is 26.3 Å². The van der Waals surface area contributed by atoms with E-state index in [9.17, 15) is 18.4 Å². The van der Waals surface area contributed by atoms with Gasteiger partial charge in [0, 0.05) is 16.8 Å². The molecule has 0 heterocycles. The number of halogens is 2. The Morgan fingerprint density at radius 2 is 1.26 bits per heavy atom. The summed E-state index contributed by atoms with van der Waals surface area (Å²) in [5.41, 5.74) is 1.69. The molecular weight excluding hydrogens is 350 g/mol. The van der Waals surface area contributed by atoms with Crippen LogP contribution in [0.25, 0.3) is 0 Å². The average molecular weight is 366 g/mol. The van der Waals surface area contributed by atoms with Crippen molar-refractivity contribution < 1.29 is 18.4 Å². The van der Waals surface area contributed by atoms with Crippen LogP contribution < -0.4 is 10.6 Å². The van der Waals surface area contributed by atoms with E-state index in [0.29, 0.717) is 11.3 Å². The summed E-state index contributed by atoms with van der Waals surface area (Å²) in [7, 11) is 0. The molecule has 0 radical (unpaired) electrons. The third kappa shape index (κ3) is 4.36. The first-order valence-corrected chi connectivity index (χ1v) is 8.17. The number of anilines is 2. The summed E-state index contributed by atoms with van der Waals surface area (Å²) in [5.74, 6) is -2.73. The summed E-state index contributed by atoms with van der Waals surface area (Å²) in [6, 6.07) is 16.4. The monoisotopic (exact) mass is 366 g/mol. The van der Waals surface area contributed by atoms with Crippen molar-refractivity contribution in [1.29, 1.82) is 0 Å². The van der Waals surface area contributed by atoms with E-state index in [2.05, 4.69) is 10.6 Å². The van der Waals surface area contributed by atoms with Gasteiger partial charge in [-0.15, -0.1) is 0 Å². The number of amides is 2. The first kappa shape index (κ1) is 18.3. The Hall–Kier alpha value is -3.54. The molecule has 0 saturated carbocycles. The Kier molecular flexibility index (Phi) is 5.26. The second-order valence-corrected chi connectivity index (χ2v) is 5.95. The topological polar surface area (TPSA) is 58.2 Å². The van der Waals surface area contributed by atoms with Gasteiger partial charge in [0.1, 0.15) is 17.3 Å². The zero-order valence-electron chi connectivity index (χ0n) is 14.4. The van der Waals surface area contributed by atoms with Gasteiger partial charge in [-0.1, -0.05) is 18.2 Å². The van der Waals surface area contributed by atoms with Gasteiger partial charge in [-0.25, -0.2) is 8.78 Å². The zero-order valence-corrected chi connectivity index (χ0v) is 14.4. The maximum atomic E-state index is 13.6. The lowest BCUT2D eigenvalue weighted by atomic mass is 10.1. The van der Waals surface area contributed by atoms with Crippen LogP contribution in [0.2, 0.25) is 0 Å². The second kappa shape index (κ2) is 7.78. The molecule has 0 spiro atoms. The summed E-state index contributed by atoms with van der Waals surface area (Å²) in [5, 5.41) is 4.96. The fraction of sp³-hybridized carbons (Fsp3) is 0.0476. The molecule has 0 atom stereocenters. The molecule has 4 nitrogen and oxygen atoms in total. The molecule has 0 fully saturated rings. The van der Waals surface area contributed by atoms with Crippen LogP contribution in [0.15, 0.2) is 66.7 Å². The van der Waals surface area contributed by atoms with Crippen molar-refractivity contribution in [1.82, 2.24) is 0 Å². The fourth-order valence-electron chi connectivity index (χ4n) is 2.50. The number of hydrogen-bond acceptors (Lipinski definition) is 2. The van der Waals surface area contributed by atoms with Gasteiger partial charge in [0.25, 0.3) is 11.8 Å². The number of hydrogen-bond donors (Lipinski definition) is 2. The SMILES string of the molecule is Cc1cccc(NC(=O)c2ccc(C(=O)Nc3c(F)cccc3F)cc2)c1. The maximum Gasteiger partial charge on any atom is 0.255 e. The van der Waals surface area contributed by atoms with Crippen LogP contribution in [-0.2, 0) is 0 Å². The summed E-state index contributed by atoms with van der Waals surface area (Å²) < 4.78 is 27.2. The van der Waals surface area contributed by atoms with Crippen LogP contribution >= 0.6 is 0 Å². The highest BCUT2D eigenvalue weighted by atomic mass is 19.1. The third-order valence-electron chi connectivity index (χ3n) is 3.89. The minimum absolute atomic E-state index is 0.171. The van der Waals surface area contributed by atoms with E-state index in [4.69, 9.17) is 0 Å². The van der Waals surface area contributed by atoms with E-state index >= 15 is 0 Å². The van der Waals surface area contributed by atoms with Gasteiger partial charge in [0.2, 0.25) is 0 Å². The molecular formula is C21H16F2N2O2. The maximum absolute atomic E-state index is 13.6. The Morgan fingerprint density at radius 3 is 1.81 bits per heavy atom.